The largest absolute Gasteiger partial charge is 0.459 e. The van der Waals surface area contributed by atoms with E-state index in [1.54, 1.807) is 0 Å². The highest BCUT2D eigenvalue weighted by Gasteiger charge is 2.17. The molecular weight excluding hydrogens is 362 g/mol. The van der Waals surface area contributed by atoms with Crippen molar-refractivity contribution in [1.82, 2.24) is 14.9 Å². The van der Waals surface area contributed by atoms with E-state index in [1.807, 2.05) is 51.1 Å². The first-order valence-corrected chi connectivity index (χ1v) is 9.48. The number of thiophene rings is 1. The normalized spacial score (nSPS) is 12.6. The van der Waals surface area contributed by atoms with Crippen LogP contribution in [-0.2, 0) is 11.3 Å². The van der Waals surface area contributed by atoms with Gasteiger partial charge in [-0.3, -0.25) is 14.2 Å². The standard InChI is InChI=1S/C20H19N3O3S/c1-11-13(3)27-19-18(11)20(25)23(10-21-19)9-17(24)22-12(2)16-8-14-6-4-5-7-15(14)26-16/h4-8,10,12H,9H2,1-3H3,(H,22,24)/t12-/m1/s1. The molecule has 1 amide bonds. The second-order valence-corrected chi connectivity index (χ2v) is 7.82. The zero-order valence-corrected chi connectivity index (χ0v) is 16.1. The van der Waals surface area contributed by atoms with E-state index in [2.05, 4.69) is 10.3 Å². The zero-order valence-electron chi connectivity index (χ0n) is 15.3. The van der Waals surface area contributed by atoms with Crippen molar-refractivity contribution in [3.05, 3.63) is 63.2 Å². The summed E-state index contributed by atoms with van der Waals surface area (Å²) in [6, 6.07) is 9.30. The van der Waals surface area contributed by atoms with Crippen molar-refractivity contribution in [2.24, 2.45) is 0 Å². The van der Waals surface area contributed by atoms with E-state index in [0.29, 0.717) is 16.0 Å². The molecule has 0 aliphatic carbocycles. The van der Waals surface area contributed by atoms with Crippen molar-refractivity contribution in [3.63, 3.8) is 0 Å². The van der Waals surface area contributed by atoms with Gasteiger partial charge < -0.3 is 9.73 Å². The molecule has 3 heterocycles. The van der Waals surface area contributed by atoms with Crippen LogP contribution in [0.2, 0.25) is 0 Å². The number of amides is 1. The maximum atomic E-state index is 12.7. The molecule has 4 aromatic rings. The van der Waals surface area contributed by atoms with Gasteiger partial charge >= 0.3 is 0 Å². The van der Waals surface area contributed by atoms with E-state index in [4.69, 9.17) is 4.42 Å². The molecule has 1 aromatic carbocycles. The number of hydrogen-bond acceptors (Lipinski definition) is 5. The maximum absolute atomic E-state index is 12.7. The topological polar surface area (TPSA) is 77.1 Å². The quantitative estimate of drug-likeness (QED) is 0.585. The van der Waals surface area contributed by atoms with Crippen LogP contribution in [0.15, 0.2) is 45.9 Å². The molecule has 138 valence electrons. The molecule has 27 heavy (non-hydrogen) atoms. The summed E-state index contributed by atoms with van der Waals surface area (Å²) in [5.74, 6) is 0.408. The minimum atomic E-state index is -0.303. The number of nitrogens with one attached hydrogen (secondary N) is 1. The third-order valence-electron chi connectivity index (χ3n) is 4.72. The van der Waals surface area contributed by atoms with E-state index in [0.717, 1.165) is 21.4 Å². The first kappa shape index (κ1) is 17.5. The number of aromatic nitrogens is 2. The second-order valence-electron chi connectivity index (χ2n) is 6.62. The molecule has 0 saturated heterocycles. The number of para-hydroxylation sites is 1. The summed E-state index contributed by atoms with van der Waals surface area (Å²) in [7, 11) is 0. The smallest absolute Gasteiger partial charge is 0.262 e. The summed E-state index contributed by atoms with van der Waals surface area (Å²) in [5, 5.41) is 4.47. The third-order valence-corrected chi connectivity index (χ3v) is 5.83. The Morgan fingerprint density at radius 2 is 2.11 bits per heavy atom. The van der Waals surface area contributed by atoms with Crippen molar-refractivity contribution in [3.8, 4) is 0 Å². The van der Waals surface area contributed by atoms with Gasteiger partial charge in [0.1, 0.15) is 22.7 Å². The first-order valence-electron chi connectivity index (χ1n) is 8.67. The lowest BCUT2D eigenvalue weighted by molar-refractivity contribution is -0.122. The van der Waals surface area contributed by atoms with Gasteiger partial charge in [-0.2, -0.15) is 0 Å². The van der Waals surface area contributed by atoms with E-state index < -0.39 is 0 Å². The first-order chi connectivity index (χ1) is 12.9. The van der Waals surface area contributed by atoms with Gasteiger partial charge in [0.25, 0.3) is 5.56 Å². The van der Waals surface area contributed by atoms with Gasteiger partial charge in [0.15, 0.2) is 0 Å². The number of carbonyl (C=O) groups is 1. The highest BCUT2D eigenvalue weighted by atomic mass is 32.1. The molecule has 7 heteroatoms. The van der Waals surface area contributed by atoms with Gasteiger partial charge in [-0.1, -0.05) is 18.2 Å². The van der Waals surface area contributed by atoms with E-state index >= 15 is 0 Å². The van der Waals surface area contributed by atoms with Crippen LogP contribution in [0.5, 0.6) is 0 Å². The van der Waals surface area contributed by atoms with Gasteiger partial charge in [-0.25, -0.2) is 4.98 Å². The molecular formula is C20H19N3O3S. The molecule has 3 aromatic heterocycles. The summed E-state index contributed by atoms with van der Waals surface area (Å²) in [5.41, 5.74) is 1.52. The Balaban J connectivity index is 1.54. The number of hydrogen-bond donors (Lipinski definition) is 1. The van der Waals surface area contributed by atoms with Gasteiger partial charge in [-0.15, -0.1) is 11.3 Å². The molecule has 0 radical (unpaired) electrons. The minimum absolute atomic E-state index is 0.0827. The molecule has 6 nitrogen and oxygen atoms in total. The highest BCUT2D eigenvalue weighted by Crippen LogP contribution is 2.25. The van der Waals surface area contributed by atoms with Crippen LogP contribution in [0.1, 0.15) is 29.2 Å². The summed E-state index contributed by atoms with van der Waals surface area (Å²) < 4.78 is 7.14. The van der Waals surface area contributed by atoms with Crippen molar-refractivity contribution < 1.29 is 9.21 Å². The molecule has 0 unspecified atom stereocenters. The fraction of sp³-hybridized carbons (Fsp3) is 0.250. The summed E-state index contributed by atoms with van der Waals surface area (Å²) in [6.45, 7) is 5.64. The number of benzene rings is 1. The predicted octanol–water partition coefficient (Wildman–Crippen LogP) is 3.70. The fourth-order valence-electron chi connectivity index (χ4n) is 3.11. The monoisotopic (exact) mass is 381 g/mol. The van der Waals surface area contributed by atoms with Crippen molar-refractivity contribution in [2.45, 2.75) is 33.4 Å². The Labute approximate surface area is 159 Å². The minimum Gasteiger partial charge on any atom is -0.459 e. The molecule has 0 spiro atoms. The predicted molar refractivity (Wildman–Crippen MR) is 106 cm³/mol. The molecule has 0 aliphatic heterocycles. The maximum Gasteiger partial charge on any atom is 0.262 e. The average molecular weight is 381 g/mol. The van der Waals surface area contributed by atoms with Gasteiger partial charge in [-0.05, 0) is 38.5 Å². The Bertz CT molecular complexity index is 1190. The van der Waals surface area contributed by atoms with Gasteiger partial charge in [0.2, 0.25) is 5.91 Å². The second kappa shape index (κ2) is 6.66. The number of aryl methyl sites for hydroxylation is 2. The number of rotatable bonds is 4. The number of furan rings is 1. The molecule has 1 atom stereocenters. The highest BCUT2D eigenvalue weighted by molar-refractivity contribution is 7.18. The van der Waals surface area contributed by atoms with Crippen LogP contribution in [0.3, 0.4) is 0 Å². The van der Waals surface area contributed by atoms with Crippen molar-refractivity contribution in [2.75, 3.05) is 0 Å². The third kappa shape index (κ3) is 3.14. The molecule has 0 bridgehead atoms. The van der Waals surface area contributed by atoms with Crippen LogP contribution in [0.25, 0.3) is 21.2 Å². The summed E-state index contributed by atoms with van der Waals surface area (Å²) in [4.78, 5) is 31.3. The van der Waals surface area contributed by atoms with Crippen LogP contribution in [0, 0.1) is 13.8 Å². The van der Waals surface area contributed by atoms with Crippen molar-refractivity contribution in [1.29, 1.82) is 0 Å². The van der Waals surface area contributed by atoms with Crippen molar-refractivity contribution >= 4 is 38.4 Å². The Morgan fingerprint density at radius 3 is 2.89 bits per heavy atom. The van der Waals surface area contributed by atoms with Gasteiger partial charge in [0, 0.05) is 10.3 Å². The molecule has 4 rings (SSSR count). The number of nitrogens with zero attached hydrogens (tertiary/aromatic N) is 2. The number of carbonyl (C=O) groups excluding carboxylic acids is 1. The Hall–Kier alpha value is -2.93. The lowest BCUT2D eigenvalue weighted by Crippen LogP contribution is -2.33. The molecule has 1 N–H and O–H groups in total. The fourth-order valence-corrected chi connectivity index (χ4v) is 4.10. The van der Waals surface area contributed by atoms with Crippen LogP contribution < -0.4 is 10.9 Å². The molecule has 0 saturated carbocycles. The summed E-state index contributed by atoms with van der Waals surface area (Å²) in [6.07, 6.45) is 1.44. The van der Waals surface area contributed by atoms with E-state index in [9.17, 15) is 9.59 Å². The lowest BCUT2D eigenvalue weighted by atomic mass is 10.2. The SMILES string of the molecule is Cc1sc2ncn(CC(=O)N[C@H](C)c3cc4ccccc4o3)c(=O)c2c1C. The average Bonchev–Trinajstić information content (AvgIpc) is 3.19. The Morgan fingerprint density at radius 1 is 1.33 bits per heavy atom. The van der Waals surface area contributed by atoms with Crippen LogP contribution in [-0.4, -0.2) is 15.5 Å². The summed E-state index contributed by atoms with van der Waals surface area (Å²) >= 11 is 1.49. The van der Waals surface area contributed by atoms with E-state index in [-0.39, 0.29) is 24.1 Å². The Kier molecular flexibility index (Phi) is 4.31. The number of fused-ring (bicyclic) bond motifs is 2. The molecule has 0 fully saturated rings. The lowest BCUT2D eigenvalue weighted by Gasteiger charge is -2.12. The van der Waals surface area contributed by atoms with Gasteiger partial charge in [0.05, 0.1) is 17.8 Å². The zero-order chi connectivity index (χ0) is 19.1. The molecule has 0 aliphatic rings. The van der Waals surface area contributed by atoms with E-state index in [1.165, 1.54) is 22.2 Å². The van der Waals surface area contributed by atoms with Crippen LogP contribution in [0.4, 0.5) is 0 Å². The van der Waals surface area contributed by atoms with Crippen LogP contribution >= 0.6 is 11.3 Å².